The van der Waals surface area contributed by atoms with Crippen molar-refractivity contribution in [2.75, 3.05) is 12.9 Å². The Morgan fingerprint density at radius 1 is 1.53 bits per heavy atom. The van der Waals surface area contributed by atoms with E-state index in [4.69, 9.17) is 9.84 Å². The summed E-state index contributed by atoms with van der Waals surface area (Å²) < 4.78 is 6.96. The summed E-state index contributed by atoms with van der Waals surface area (Å²) >= 11 is 1.18. The molecule has 0 bridgehead atoms. The van der Waals surface area contributed by atoms with Gasteiger partial charge in [-0.1, -0.05) is 25.6 Å². The van der Waals surface area contributed by atoms with Crippen LogP contribution in [0.3, 0.4) is 0 Å². The van der Waals surface area contributed by atoms with Crippen molar-refractivity contribution >= 4 is 17.7 Å². The maximum absolute atomic E-state index is 10.5. The first-order valence-electron chi connectivity index (χ1n) is 5.30. The molecular weight excluding hydrogens is 242 g/mol. The summed E-state index contributed by atoms with van der Waals surface area (Å²) in [6.45, 7) is 5.31. The summed E-state index contributed by atoms with van der Waals surface area (Å²) in [7, 11) is 1.60. The molecule has 0 aromatic carbocycles. The molecule has 0 fully saturated rings. The van der Waals surface area contributed by atoms with Gasteiger partial charge in [-0.15, -0.1) is 10.2 Å². The van der Waals surface area contributed by atoms with Crippen LogP contribution in [0.15, 0.2) is 5.16 Å². The van der Waals surface area contributed by atoms with Gasteiger partial charge in [-0.25, -0.2) is 0 Å². The van der Waals surface area contributed by atoms with E-state index >= 15 is 0 Å². The number of methoxy groups -OCH3 is 1. The average molecular weight is 259 g/mol. The number of hydrogen-bond acceptors (Lipinski definition) is 5. The van der Waals surface area contributed by atoms with E-state index in [9.17, 15) is 4.79 Å². The van der Waals surface area contributed by atoms with E-state index in [-0.39, 0.29) is 5.75 Å². The first kappa shape index (κ1) is 14.0. The number of thioether (sulfide) groups is 1. The lowest BCUT2D eigenvalue weighted by molar-refractivity contribution is -0.133. The fourth-order valence-corrected chi connectivity index (χ4v) is 2.02. The summed E-state index contributed by atoms with van der Waals surface area (Å²) in [5.41, 5.74) is 0. The third-order valence-corrected chi connectivity index (χ3v) is 2.89. The molecule has 0 saturated carbocycles. The number of aromatic nitrogens is 3. The first-order valence-corrected chi connectivity index (χ1v) is 6.28. The van der Waals surface area contributed by atoms with Crippen LogP contribution in [0.5, 0.6) is 0 Å². The molecule has 0 radical (unpaired) electrons. The fourth-order valence-electron chi connectivity index (χ4n) is 1.34. The number of ether oxygens (including phenoxy) is 1. The molecule has 0 spiro atoms. The van der Waals surface area contributed by atoms with Gasteiger partial charge in [0.2, 0.25) is 0 Å². The predicted molar refractivity (Wildman–Crippen MR) is 63.9 cm³/mol. The molecule has 1 N–H and O–H groups in total. The Bertz CT molecular complexity index is 379. The minimum absolute atomic E-state index is 0.0107. The van der Waals surface area contributed by atoms with Gasteiger partial charge in [0.1, 0.15) is 6.61 Å². The standard InChI is InChI=1S/C10H17N3O3S/c1-7(2)4-13-8(5-16-3)11-12-10(13)17-6-9(14)15/h7H,4-6H2,1-3H3,(H,14,15). The Balaban J connectivity index is 2.83. The van der Waals surface area contributed by atoms with Crippen molar-refractivity contribution < 1.29 is 14.6 Å². The van der Waals surface area contributed by atoms with Crippen LogP contribution in [0.4, 0.5) is 0 Å². The molecule has 96 valence electrons. The second kappa shape index (κ2) is 6.61. The molecule has 1 rings (SSSR count). The topological polar surface area (TPSA) is 77.2 Å². The van der Waals surface area contributed by atoms with Gasteiger partial charge >= 0.3 is 5.97 Å². The molecule has 0 aliphatic carbocycles. The Morgan fingerprint density at radius 2 is 2.24 bits per heavy atom. The summed E-state index contributed by atoms with van der Waals surface area (Å²) in [6, 6.07) is 0. The van der Waals surface area contributed by atoms with Crippen molar-refractivity contribution in [3.8, 4) is 0 Å². The minimum Gasteiger partial charge on any atom is -0.481 e. The first-order chi connectivity index (χ1) is 8.04. The van der Waals surface area contributed by atoms with Crippen LogP contribution in [-0.2, 0) is 22.7 Å². The zero-order valence-corrected chi connectivity index (χ0v) is 11.0. The van der Waals surface area contributed by atoms with Gasteiger partial charge < -0.3 is 14.4 Å². The van der Waals surface area contributed by atoms with E-state index in [0.717, 1.165) is 12.4 Å². The highest BCUT2D eigenvalue weighted by molar-refractivity contribution is 7.99. The summed E-state index contributed by atoms with van der Waals surface area (Å²) in [4.78, 5) is 10.5. The SMILES string of the molecule is COCc1nnc(SCC(=O)O)n1CC(C)C. The largest absolute Gasteiger partial charge is 0.481 e. The van der Waals surface area contributed by atoms with Crippen LogP contribution in [0.1, 0.15) is 19.7 Å². The van der Waals surface area contributed by atoms with Crippen molar-refractivity contribution in [3.63, 3.8) is 0 Å². The second-order valence-electron chi connectivity index (χ2n) is 4.02. The quantitative estimate of drug-likeness (QED) is 0.743. The molecule has 1 heterocycles. The molecule has 0 atom stereocenters. The number of carboxylic acid groups (broad SMARTS) is 1. The summed E-state index contributed by atoms with van der Waals surface area (Å²) in [5, 5.41) is 17.3. The second-order valence-corrected chi connectivity index (χ2v) is 4.96. The van der Waals surface area contributed by atoms with Gasteiger partial charge in [0.15, 0.2) is 11.0 Å². The van der Waals surface area contributed by atoms with E-state index in [0.29, 0.717) is 17.7 Å². The number of hydrogen-bond donors (Lipinski definition) is 1. The molecule has 1 aromatic heterocycles. The Morgan fingerprint density at radius 3 is 2.76 bits per heavy atom. The highest BCUT2D eigenvalue weighted by atomic mass is 32.2. The summed E-state index contributed by atoms with van der Waals surface area (Å²) in [5.74, 6) is 0.297. The van der Waals surface area contributed by atoms with Crippen LogP contribution in [-0.4, -0.2) is 38.7 Å². The lowest BCUT2D eigenvalue weighted by Gasteiger charge is -2.11. The smallest absolute Gasteiger partial charge is 0.313 e. The van der Waals surface area contributed by atoms with E-state index < -0.39 is 5.97 Å². The number of carbonyl (C=O) groups is 1. The zero-order valence-electron chi connectivity index (χ0n) is 10.2. The van der Waals surface area contributed by atoms with E-state index in [1.54, 1.807) is 7.11 Å². The van der Waals surface area contributed by atoms with Crippen molar-refractivity contribution in [1.82, 2.24) is 14.8 Å². The van der Waals surface area contributed by atoms with E-state index in [2.05, 4.69) is 24.0 Å². The van der Waals surface area contributed by atoms with Crippen molar-refractivity contribution in [2.24, 2.45) is 5.92 Å². The molecule has 0 aliphatic heterocycles. The average Bonchev–Trinajstić information content (AvgIpc) is 2.58. The maximum atomic E-state index is 10.5. The molecule has 17 heavy (non-hydrogen) atoms. The van der Waals surface area contributed by atoms with Crippen LogP contribution < -0.4 is 0 Å². The van der Waals surface area contributed by atoms with Gasteiger partial charge in [0.25, 0.3) is 0 Å². The monoisotopic (exact) mass is 259 g/mol. The minimum atomic E-state index is -0.859. The fraction of sp³-hybridized carbons (Fsp3) is 0.700. The van der Waals surface area contributed by atoms with Gasteiger partial charge in [-0.2, -0.15) is 0 Å². The number of rotatable bonds is 7. The van der Waals surface area contributed by atoms with Crippen molar-refractivity contribution in [3.05, 3.63) is 5.82 Å². The molecule has 0 unspecified atom stereocenters. The normalized spacial score (nSPS) is 11.1. The van der Waals surface area contributed by atoms with Crippen molar-refractivity contribution in [2.45, 2.75) is 32.2 Å². The summed E-state index contributed by atoms with van der Waals surface area (Å²) in [6.07, 6.45) is 0. The maximum Gasteiger partial charge on any atom is 0.313 e. The molecule has 0 aliphatic rings. The van der Waals surface area contributed by atoms with Crippen LogP contribution in [0.2, 0.25) is 0 Å². The van der Waals surface area contributed by atoms with Crippen LogP contribution in [0.25, 0.3) is 0 Å². The van der Waals surface area contributed by atoms with Crippen LogP contribution >= 0.6 is 11.8 Å². The highest BCUT2D eigenvalue weighted by Gasteiger charge is 2.14. The van der Waals surface area contributed by atoms with Gasteiger partial charge in [0.05, 0.1) is 5.75 Å². The van der Waals surface area contributed by atoms with E-state index in [1.165, 1.54) is 11.8 Å². The Kier molecular flexibility index (Phi) is 5.43. The number of carboxylic acids is 1. The van der Waals surface area contributed by atoms with Crippen LogP contribution in [0, 0.1) is 5.92 Å². The van der Waals surface area contributed by atoms with Gasteiger partial charge in [-0.05, 0) is 5.92 Å². The Labute approximate surface area is 104 Å². The molecule has 0 saturated heterocycles. The highest BCUT2D eigenvalue weighted by Crippen LogP contribution is 2.18. The molecular formula is C10H17N3O3S. The zero-order chi connectivity index (χ0) is 12.8. The third kappa shape index (κ3) is 4.35. The molecule has 7 heteroatoms. The van der Waals surface area contributed by atoms with E-state index in [1.807, 2.05) is 4.57 Å². The molecule has 6 nitrogen and oxygen atoms in total. The van der Waals surface area contributed by atoms with Gasteiger partial charge in [0, 0.05) is 13.7 Å². The third-order valence-electron chi connectivity index (χ3n) is 1.94. The molecule has 0 amide bonds. The number of nitrogens with zero attached hydrogens (tertiary/aromatic N) is 3. The van der Waals surface area contributed by atoms with Gasteiger partial charge in [-0.3, -0.25) is 4.79 Å². The molecule has 1 aromatic rings. The lowest BCUT2D eigenvalue weighted by Crippen LogP contribution is -2.11. The lowest BCUT2D eigenvalue weighted by atomic mass is 10.2. The van der Waals surface area contributed by atoms with Crippen molar-refractivity contribution in [1.29, 1.82) is 0 Å². The predicted octanol–water partition coefficient (Wildman–Crippen LogP) is 1.26. The number of aliphatic carboxylic acids is 1. The Hall–Kier alpha value is -1.08.